The predicted octanol–water partition coefficient (Wildman–Crippen LogP) is 0.512. The second kappa shape index (κ2) is 2.90. The minimum atomic E-state index is -0.298. The zero-order valence-electron chi connectivity index (χ0n) is 7.95. The second-order valence-corrected chi connectivity index (χ2v) is 3.78. The number of hydrogen-bond donors (Lipinski definition) is 1. The molecule has 0 radical (unpaired) electrons. The smallest absolute Gasteiger partial charge is 0.259 e. The first kappa shape index (κ1) is 8.61. The van der Waals surface area contributed by atoms with Crippen LogP contribution < -0.4 is 5.32 Å². The van der Waals surface area contributed by atoms with Gasteiger partial charge < -0.3 is 4.74 Å². The number of fused-ring (bicyclic) bond motifs is 1. The molecule has 4 heteroatoms. The van der Waals surface area contributed by atoms with Gasteiger partial charge in [0.25, 0.3) is 11.8 Å². The van der Waals surface area contributed by atoms with Gasteiger partial charge in [0.05, 0.1) is 23.8 Å². The lowest BCUT2D eigenvalue weighted by atomic mass is 9.99. The third kappa shape index (κ3) is 1.34. The molecule has 3 rings (SSSR count). The summed E-state index contributed by atoms with van der Waals surface area (Å²) in [5.41, 5.74) is 1.91. The van der Waals surface area contributed by atoms with Crippen molar-refractivity contribution in [2.75, 3.05) is 6.61 Å². The average Bonchev–Trinajstić information content (AvgIpc) is 2.96. The molecule has 2 amide bonds. The van der Waals surface area contributed by atoms with Crippen LogP contribution in [0, 0.1) is 0 Å². The minimum Gasteiger partial charge on any atom is -0.373 e. The first-order valence-corrected chi connectivity index (χ1v) is 4.85. The molecule has 1 saturated heterocycles. The number of benzene rings is 1. The van der Waals surface area contributed by atoms with Crippen molar-refractivity contribution < 1.29 is 14.3 Å². The molecule has 0 aromatic heterocycles. The Hall–Kier alpha value is -1.68. The molecule has 4 nitrogen and oxygen atoms in total. The molecule has 2 aliphatic heterocycles. The molecule has 1 aromatic carbocycles. The van der Waals surface area contributed by atoms with E-state index < -0.39 is 0 Å². The van der Waals surface area contributed by atoms with Crippen LogP contribution in [0.3, 0.4) is 0 Å². The maximum atomic E-state index is 11.5. The molecule has 0 bridgehead atoms. The fraction of sp³-hybridized carbons (Fsp3) is 0.273. The molecule has 1 aromatic rings. The molecule has 1 atom stereocenters. The summed E-state index contributed by atoms with van der Waals surface area (Å²) >= 11 is 0. The van der Waals surface area contributed by atoms with Crippen LogP contribution in [0.25, 0.3) is 0 Å². The molecule has 0 unspecified atom stereocenters. The molecule has 1 N–H and O–H groups in total. The Morgan fingerprint density at radius 3 is 2.87 bits per heavy atom. The van der Waals surface area contributed by atoms with Crippen molar-refractivity contribution >= 4 is 11.8 Å². The summed E-state index contributed by atoms with van der Waals surface area (Å²) in [7, 11) is 0. The lowest BCUT2D eigenvalue weighted by molar-refractivity contribution is 0.0879. The Bertz CT molecular complexity index is 463. The normalized spacial score (nSPS) is 22.5. The van der Waals surface area contributed by atoms with Gasteiger partial charge in [0.1, 0.15) is 0 Å². The largest absolute Gasteiger partial charge is 0.373 e. The Kier molecular flexibility index (Phi) is 1.67. The number of hydrogen-bond acceptors (Lipinski definition) is 3. The summed E-state index contributed by atoms with van der Waals surface area (Å²) in [6, 6.07) is 5.35. The van der Waals surface area contributed by atoms with Gasteiger partial charge in [-0.1, -0.05) is 12.1 Å². The minimum absolute atomic E-state index is 0.222. The zero-order chi connectivity index (χ0) is 10.4. The van der Waals surface area contributed by atoms with Crippen LogP contribution >= 0.6 is 0 Å². The molecule has 15 heavy (non-hydrogen) atoms. The van der Waals surface area contributed by atoms with Crippen LogP contribution in [0.2, 0.25) is 0 Å². The van der Waals surface area contributed by atoms with Crippen LogP contribution in [0.15, 0.2) is 18.2 Å². The first-order chi connectivity index (χ1) is 7.25. The van der Waals surface area contributed by atoms with Crippen molar-refractivity contribution in [2.24, 2.45) is 0 Å². The molecular formula is C11H9NO3. The standard InChI is InChI=1S/C11H9NO3/c13-10-8-3-1-2-6(4-7-5-15-7)9(8)11(14)12-10/h1-3,7H,4-5H2,(H,12,13,14)/t7-/m1/s1. The molecule has 2 aliphatic rings. The Morgan fingerprint density at radius 1 is 1.33 bits per heavy atom. The van der Waals surface area contributed by atoms with Crippen molar-refractivity contribution in [3.63, 3.8) is 0 Å². The van der Waals surface area contributed by atoms with E-state index in [0.29, 0.717) is 17.5 Å². The maximum absolute atomic E-state index is 11.5. The van der Waals surface area contributed by atoms with Crippen LogP contribution in [-0.2, 0) is 11.2 Å². The summed E-state index contributed by atoms with van der Waals surface area (Å²) in [4.78, 5) is 22.9. The van der Waals surface area contributed by atoms with Crippen LogP contribution in [0.4, 0.5) is 0 Å². The quantitative estimate of drug-likeness (QED) is 0.562. The molecule has 0 aliphatic carbocycles. The van der Waals surface area contributed by atoms with Crippen molar-refractivity contribution in [3.8, 4) is 0 Å². The van der Waals surface area contributed by atoms with Gasteiger partial charge in [0.15, 0.2) is 0 Å². The van der Waals surface area contributed by atoms with Gasteiger partial charge in [-0.25, -0.2) is 0 Å². The fourth-order valence-electron chi connectivity index (χ4n) is 1.89. The van der Waals surface area contributed by atoms with Crippen LogP contribution in [0.5, 0.6) is 0 Å². The third-order valence-electron chi connectivity index (χ3n) is 2.70. The van der Waals surface area contributed by atoms with Crippen molar-refractivity contribution in [3.05, 3.63) is 34.9 Å². The summed E-state index contributed by atoms with van der Waals surface area (Å²) in [5.74, 6) is -0.584. The van der Waals surface area contributed by atoms with E-state index in [0.717, 1.165) is 12.2 Å². The second-order valence-electron chi connectivity index (χ2n) is 3.78. The van der Waals surface area contributed by atoms with Crippen molar-refractivity contribution in [2.45, 2.75) is 12.5 Å². The van der Waals surface area contributed by atoms with E-state index in [9.17, 15) is 9.59 Å². The van der Waals surface area contributed by atoms with E-state index in [2.05, 4.69) is 5.32 Å². The number of epoxide rings is 1. The number of amides is 2. The maximum Gasteiger partial charge on any atom is 0.259 e. The van der Waals surface area contributed by atoms with Gasteiger partial charge in [0, 0.05) is 6.42 Å². The summed E-state index contributed by atoms with van der Waals surface area (Å²) < 4.78 is 5.12. The van der Waals surface area contributed by atoms with E-state index in [4.69, 9.17) is 4.74 Å². The number of carbonyl (C=O) groups excluding carboxylic acids is 2. The topological polar surface area (TPSA) is 58.7 Å². The summed E-state index contributed by atoms with van der Waals surface area (Å²) in [6.45, 7) is 0.749. The van der Waals surface area contributed by atoms with Gasteiger partial charge in [-0.15, -0.1) is 0 Å². The lowest BCUT2D eigenvalue weighted by Crippen LogP contribution is -2.20. The average molecular weight is 203 g/mol. The van der Waals surface area contributed by atoms with Gasteiger partial charge in [0.2, 0.25) is 0 Å². The Labute approximate surface area is 86.2 Å². The van der Waals surface area contributed by atoms with E-state index in [-0.39, 0.29) is 17.9 Å². The highest BCUT2D eigenvalue weighted by Gasteiger charge is 2.31. The number of imide groups is 1. The number of rotatable bonds is 2. The number of carbonyl (C=O) groups is 2. The molecule has 0 saturated carbocycles. The summed E-state index contributed by atoms with van der Waals surface area (Å²) in [5, 5.41) is 2.30. The highest BCUT2D eigenvalue weighted by Crippen LogP contribution is 2.24. The highest BCUT2D eigenvalue weighted by atomic mass is 16.6. The van der Waals surface area contributed by atoms with Gasteiger partial charge in [-0.2, -0.15) is 0 Å². The number of nitrogens with one attached hydrogen (secondary N) is 1. The highest BCUT2D eigenvalue weighted by molar-refractivity contribution is 6.22. The van der Waals surface area contributed by atoms with Crippen LogP contribution in [-0.4, -0.2) is 24.5 Å². The van der Waals surface area contributed by atoms with Crippen molar-refractivity contribution in [1.82, 2.24) is 5.32 Å². The molecule has 0 spiro atoms. The first-order valence-electron chi connectivity index (χ1n) is 4.85. The molecule has 76 valence electrons. The molecule has 1 fully saturated rings. The van der Waals surface area contributed by atoms with Gasteiger partial charge in [-0.3, -0.25) is 14.9 Å². The molecule has 2 heterocycles. The molecular weight excluding hydrogens is 194 g/mol. The fourth-order valence-corrected chi connectivity index (χ4v) is 1.89. The zero-order valence-corrected chi connectivity index (χ0v) is 7.95. The van der Waals surface area contributed by atoms with Crippen molar-refractivity contribution in [1.29, 1.82) is 0 Å². The Balaban J connectivity index is 2.07. The van der Waals surface area contributed by atoms with Gasteiger partial charge >= 0.3 is 0 Å². The third-order valence-corrected chi connectivity index (χ3v) is 2.70. The Morgan fingerprint density at radius 2 is 2.13 bits per heavy atom. The van der Waals surface area contributed by atoms with Gasteiger partial charge in [-0.05, 0) is 11.6 Å². The van der Waals surface area contributed by atoms with E-state index >= 15 is 0 Å². The van der Waals surface area contributed by atoms with E-state index in [1.807, 2.05) is 6.07 Å². The predicted molar refractivity (Wildman–Crippen MR) is 51.7 cm³/mol. The van der Waals surface area contributed by atoms with E-state index in [1.54, 1.807) is 12.1 Å². The monoisotopic (exact) mass is 203 g/mol. The van der Waals surface area contributed by atoms with Crippen LogP contribution in [0.1, 0.15) is 26.3 Å². The number of ether oxygens (including phenoxy) is 1. The summed E-state index contributed by atoms with van der Waals surface area (Å²) in [6.07, 6.45) is 0.934. The van der Waals surface area contributed by atoms with E-state index in [1.165, 1.54) is 0 Å². The SMILES string of the molecule is O=C1NC(=O)c2c(C[C@@H]3CO3)cccc21. The lowest BCUT2D eigenvalue weighted by Gasteiger charge is -2.02.